The van der Waals surface area contributed by atoms with Gasteiger partial charge in [-0.15, -0.1) is 0 Å². The average molecular weight is 500 g/mol. The van der Waals surface area contributed by atoms with Crippen LogP contribution in [0.4, 0.5) is 0 Å². The first-order valence-corrected chi connectivity index (χ1v) is 13.0. The third-order valence-corrected chi connectivity index (χ3v) is 7.06. The Hall–Kier alpha value is -3.60. The van der Waals surface area contributed by atoms with Crippen LogP contribution in [-0.2, 0) is 35.3 Å². The van der Waals surface area contributed by atoms with Crippen molar-refractivity contribution in [2.45, 2.75) is 64.9 Å². The van der Waals surface area contributed by atoms with Gasteiger partial charge in [0.25, 0.3) is 0 Å². The molecule has 5 nitrogen and oxygen atoms in total. The summed E-state index contributed by atoms with van der Waals surface area (Å²) in [6, 6.07) is 22.7. The fraction of sp³-hybridized carbons (Fsp3) is 0.375. The Kier molecular flexibility index (Phi) is 8.01. The van der Waals surface area contributed by atoms with Crippen LogP contribution in [0.3, 0.4) is 0 Å². The summed E-state index contributed by atoms with van der Waals surface area (Å²) in [6.45, 7) is 8.62. The zero-order chi connectivity index (χ0) is 26.6. The van der Waals surface area contributed by atoms with Gasteiger partial charge in [0, 0.05) is 19.4 Å². The summed E-state index contributed by atoms with van der Waals surface area (Å²) in [7, 11) is 0. The second-order valence-electron chi connectivity index (χ2n) is 10.9. The van der Waals surface area contributed by atoms with Crippen molar-refractivity contribution in [2.75, 3.05) is 13.1 Å². The molecule has 3 aromatic carbocycles. The van der Waals surface area contributed by atoms with E-state index in [0.29, 0.717) is 18.9 Å². The third kappa shape index (κ3) is 7.00. The van der Waals surface area contributed by atoms with E-state index >= 15 is 0 Å². The summed E-state index contributed by atoms with van der Waals surface area (Å²) >= 11 is 0. The molecule has 0 radical (unpaired) electrons. The van der Waals surface area contributed by atoms with E-state index in [1.165, 1.54) is 16.0 Å². The van der Waals surface area contributed by atoms with Crippen molar-refractivity contribution < 1.29 is 19.4 Å². The van der Waals surface area contributed by atoms with E-state index in [1.807, 2.05) is 43.3 Å². The second-order valence-corrected chi connectivity index (χ2v) is 10.9. The van der Waals surface area contributed by atoms with E-state index in [-0.39, 0.29) is 24.5 Å². The SMILES string of the molecule is Cc1cccc(CCN(CC(=O)O)C(=O)Cc2ccc3c(c2)C[C@@](C)(Cc2ccc(C(C)C)cc2)O3)c1. The number of hydrogen-bond acceptors (Lipinski definition) is 3. The Morgan fingerprint density at radius 1 is 1.00 bits per heavy atom. The number of rotatable bonds is 10. The monoisotopic (exact) mass is 499 g/mol. The molecule has 0 fully saturated rings. The molecule has 0 spiro atoms. The summed E-state index contributed by atoms with van der Waals surface area (Å²) in [4.78, 5) is 26.0. The number of amides is 1. The number of carboxylic acid groups (broad SMARTS) is 1. The molecule has 1 aliphatic heterocycles. The number of carbonyl (C=O) groups is 2. The van der Waals surface area contributed by atoms with Gasteiger partial charge in [-0.1, -0.05) is 80.1 Å². The molecule has 0 unspecified atom stereocenters. The number of hydrogen-bond donors (Lipinski definition) is 1. The Balaban J connectivity index is 1.40. The number of ether oxygens (including phenoxy) is 1. The molecule has 0 aliphatic carbocycles. The molecule has 0 saturated carbocycles. The van der Waals surface area contributed by atoms with Gasteiger partial charge >= 0.3 is 5.97 Å². The van der Waals surface area contributed by atoms with Crippen LogP contribution in [-0.4, -0.2) is 40.6 Å². The summed E-state index contributed by atoms with van der Waals surface area (Å²) in [5.41, 5.74) is 6.44. The van der Waals surface area contributed by atoms with Gasteiger partial charge in [-0.05, 0) is 60.1 Å². The highest BCUT2D eigenvalue weighted by molar-refractivity contribution is 5.83. The van der Waals surface area contributed by atoms with Crippen molar-refractivity contribution in [1.29, 1.82) is 0 Å². The van der Waals surface area contributed by atoms with Gasteiger partial charge in [0.2, 0.25) is 5.91 Å². The number of nitrogens with zero attached hydrogens (tertiary/aromatic N) is 1. The fourth-order valence-electron chi connectivity index (χ4n) is 5.11. The first-order valence-electron chi connectivity index (χ1n) is 13.0. The predicted octanol–water partition coefficient (Wildman–Crippen LogP) is 5.75. The van der Waals surface area contributed by atoms with Crippen molar-refractivity contribution in [3.8, 4) is 5.75 Å². The first kappa shape index (κ1) is 26.5. The van der Waals surface area contributed by atoms with Crippen LogP contribution in [0.2, 0.25) is 0 Å². The maximum absolute atomic E-state index is 13.1. The Morgan fingerprint density at radius 2 is 1.73 bits per heavy atom. The lowest BCUT2D eigenvalue weighted by Crippen LogP contribution is -2.38. The van der Waals surface area contributed by atoms with Crippen molar-refractivity contribution in [1.82, 2.24) is 4.90 Å². The Labute approximate surface area is 220 Å². The number of carbonyl (C=O) groups excluding carboxylic acids is 1. The van der Waals surface area contributed by atoms with E-state index in [1.54, 1.807) is 0 Å². The zero-order valence-electron chi connectivity index (χ0n) is 22.3. The lowest BCUT2D eigenvalue weighted by molar-refractivity contribution is -0.144. The Morgan fingerprint density at radius 3 is 2.41 bits per heavy atom. The first-order chi connectivity index (χ1) is 17.6. The molecule has 0 aromatic heterocycles. The molecule has 194 valence electrons. The van der Waals surface area contributed by atoms with Gasteiger partial charge in [-0.3, -0.25) is 9.59 Å². The molecule has 1 aliphatic rings. The molecule has 0 bridgehead atoms. The molecular formula is C32H37NO4. The van der Waals surface area contributed by atoms with Crippen molar-refractivity contribution in [3.63, 3.8) is 0 Å². The molecule has 0 saturated heterocycles. The highest BCUT2D eigenvalue weighted by atomic mass is 16.5. The molecule has 4 rings (SSSR count). The molecule has 1 atom stereocenters. The zero-order valence-corrected chi connectivity index (χ0v) is 22.3. The topological polar surface area (TPSA) is 66.8 Å². The van der Waals surface area contributed by atoms with Gasteiger partial charge in [0.05, 0.1) is 6.42 Å². The highest BCUT2D eigenvalue weighted by Crippen LogP contribution is 2.37. The fourth-order valence-corrected chi connectivity index (χ4v) is 5.11. The molecule has 5 heteroatoms. The van der Waals surface area contributed by atoms with Crippen LogP contribution in [0.5, 0.6) is 5.75 Å². The summed E-state index contributed by atoms with van der Waals surface area (Å²) in [5.74, 6) is 0.185. The van der Waals surface area contributed by atoms with E-state index in [4.69, 9.17) is 4.74 Å². The van der Waals surface area contributed by atoms with Crippen LogP contribution >= 0.6 is 0 Å². The van der Waals surface area contributed by atoms with Crippen LogP contribution < -0.4 is 4.74 Å². The van der Waals surface area contributed by atoms with Crippen LogP contribution in [0, 0.1) is 6.92 Å². The minimum atomic E-state index is -1.00. The van der Waals surface area contributed by atoms with Gasteiger partial charge < -0.3 is 14.7 Å². The molecule has 1 amide bonds. The number of benzene rings is 3. The van der Waals surface area contributed by atoms with Gasteiger partial charge in [0.1, 0.15) is 17.9 Å². The van der Waals surface area contributed by atoms with Crippen molar-refractivity contribution >= 4 is 11.9 Å². The molecule has 3 aromatic rings. The molecule has 1 heterocycles. The predicted molar refractivity (Wildman–Crippen MR) is 146 cm³/mol. The number of aliphatic carboxylic acids is 1. The van der Waals surface area contributed by atoms with Crippen molar-refractivity contribution in [2.24, 2.45) is 0 Å². The standard InChI is InChI=1S/C32H37NO4/c1-22(2)27-11-8-25(9-12-27)19-32(4)20-28-17-26(10-13-29(28)37-32)18-30(34)33(21-31(35)36)15-14-24-7-5-6-23(3)16-24/h5-13,16-17,22H,14-15,18-21H2,1-4H3,(H,35,36)/t32-/m1/s1. The molecule has 37 heavy (non-hydrogen) atoms. The lowest BCUT2D eigenvalue weighted by atomic mass is 9.90. The van der Waals surface area contributed by atoms with Crippen LogP contribution in [0.1, 0.15) is 60.1 Å². The summed E-state index contributed by atoms with van der Waals surface area (Å²) in [6.07, 6.45) is 2.36. The highest BCUT2D eigenvalue weighted by Gasteiger charge is 2.35. The molecular weight excluding hydrogens is 462 g/mol. The van der Waals surface area contributed by atoms with E-state index in [0.717, 1.165) is 40.8 Å². The van der Waals surface area contributed by atoms with Gasteiger partial charge in [-0.25, -0.2) is 0 Å². The van der Waals surface area contributed by atoms with Gasteiger partial charge in [0.15, 0.2) is 0 Å². The van der Waals surface area contributed by atoms with E-state index < -0.39 is 5.97 Å². The number of carboxylic acids is 1. The largest absolute Gasteiger partial charge is 0.487 e. The van der Waals surface area contributed by atoms with E-state index in [9.17, 15) is 14.7 Å². The summed E-state index contributed by atoms with van der Waals surface area (Å²) in [5, 5.41) is 9.38. The maximum Gasteiger partial charge on any atom is 0.323 e. The minimum Gasteiger partial charge on any atom is -0.487 e. The molecule has 1 N–H and O–H groups in total. The normalized spacial score (nSPS) is 16.4. The average Bonchev–Trinajstić information content (AvgIpc) is 3.16. The minimum absolute atomic E-state index is 0.168. The summed E-state index contributed by atoms with van der Waals surface area (Å²) < 4.78 is 6.36. The lowest BCUT2D eigenvalue weighted by Gasteiger charge is -2.24. The Bertz CT molecular complexity index is 1260. The smallest absolute Gasteiger partial charge is 0.323 e. The maximum atomic E-state index is 13.1. The third-order valence-electron chi connectivity index (χ3n) is 7.06. The second kappa shape index (κ2) is 11.2. The number of fused-ring (bicyclic) bond motifs is 1. The van der Waals surface area contributed by atoms with E-state index in [2.05, 4.69) is 51.1 Å². The quantitative estimate of drug-likeness (QED) is 0.386. The van der Waals surface area contributed by atoms with Gasteiger partial charge in [-0.2, -0.15) is 0 Å². The van der Waals surface area contributed by atoms with Crippen LogP contribution in [0.15, 0.2) is 66.7 Å². The number of aryl methyl sites for hydroxylation is 1. The van der Waals surface area contributed by atoms with Crippen molar-refractivity contribution in [3.05, 3.63) is 100 Å². The van der Waals surface area contributed by atoms with Crippen LogP contribution in [0.25, 0.3) is 0 Å².